The molecule has 3 heteroatoms. The summed E-state index contributed by atoms with van der Waals surface area (Å²) in [6.07, 6.45) is 0. The molecule has 44 valence electrons. The van der Waals surface area contributed by atoms with Crippen LogP contribution in [0.5, 0.6) is 5.75 Å². The van der Waals surface area contributed by atoms with Crippen LogP contribution in [0.4, 0.5) is 4.39 Å². The van der Waals surface area contributed by atoms with Gasteiger partial charge in [-0.15, -0.1) is 0 Å². The fourth-order valence-electron chi connectivity index (χ4n) is 0.531. The first-order valence-electron chi connectivity index (χ1n) is 2.44. The smallest absolute Gasteiger partial charge is 0.118 e. The Balaban J connectivity index is 3.17. The molecule has 1 rings (SSSR count). The second-order valence-electron chi connectivity index (χ2n) is 1.71. The average molecular weight is 122 g/mol. The largest absolute Gasteiger partial charge is 0.508 e. The number of rotatable bonds is 0. The molecule has 0 saturated heterocycles. The fraction of sp³-hybridized carbons (Fsp3) is 0. The Morgan fingerprint density at radius 2 is 2.11 bits per heavy atom. The second-order valence-corrected chi connectivity index (χ2v) is 1.71. The summed E-state index contributed by atoms with van der Waals surface area (Å²) in [6.45, 7) is 0. The maximum absolute atomic E-state index is 12.3. The third-order valence-corrected chi connectivity index (χ3v) is 0.980. The van der Waals surface area contributed by atoms with E-state index in [1.807, 2.05) is 0 Å². The first-order chi connectivity index (χ1) is 4.20. The van der Waals surface area contributed by atoms with Crippen molar-refractivity contribution < 1.29 is 9.50 Å². The Labute approximate surface area is 53.5 Å². The van der Waals surface area contributed by atoms with Gasteiger partial charge in [0.1, 0.15) is 19.4 Å². The summed E-state index contributed by atoms with van der Waals surface area (Å²) < 4.78 is 12.3. The molecule has 0 unspecified atom stereocenters. The average Bonchev–Trinajstić information content (AvgIpc) is 1.80. The Hall–Kier alpha value is -0.985. The van der Waals surface area contributed by atoms with Gasteiger partial charge in [-0.25, -0.2) is 4.39 Å². The van der Waals surface area contributed by atoms with Crippen LogP contribution in [0, 0.1) is 5.82 Å². The summed E-state index contributed by atoms with van der Waals surface area (Å²) in [5.74, 6) is -0.526. The van der Waals surface area contributed by atoms with Crippen molar-refractivity contribution in [2.24, 2.45) is 0 Å². The molecular weight excluding hydrogens is 118 g/mol. The van der Waals surface area contributed by atoms with E-state index < -0.39 is 5.82 Å². The zero-order valence-electron chi connectivity index (χ0n) is 4.63. The Morgan fingerprint density at radius 3 is 2.56 bits per heavy atom. The molecule has 9 heavy (non-hydrogen) atoms. The van der Waals surface area contributed by atoms with Crippen molar-refractivity contribution in [2.75, 3.05) is 0 Å². The summed E-state index contributed by atoms with van der Waals surface area (Å²) in [6, 6.07) is 3.52. The van der Waals surface area contributed by atoms with E-state index in [9.17, 15) is 4.39 Å². The third kappa shape index (κ3) is 1.22. The first-order valence-corrected chi connectivity index (χ1v) is 2.44. The molecule has 0 aromatic heterocycles. The van der Waals surface area contributed by atoms with Crippen LogP contribution < -0.4 is 5.46 Å². The number of hydrogen-bond donors (Lipinski definition) is 1. The highest BCUT2D eigenvalue weighted by Gasteiger charge is 1.94. The molecule has 1 aromatic rings. The van der Waals surface area contributed by atoms with E-state index in [2.05, 4.69) is 0 Å². The van der Waals surface area contributed by atoms with Crippen molar-refractivity contribution in [3.8, 4) is 5.75 Å². The zero-order chi connectivity index (χ0) is 6.85. The van der Waals surface area contributed by atoms with E-state index in [0.29, 0.717) is 0 Å². The number of benzene rings is 1. The highest BCUT2D eigenvalue weighted by atomic mass is 19.1. The van der Waals surface area contributed by atoms with Crippen molar-refractivity contribution >= 4 is 13.3 Å². The Bertz CT molecular complexity index is 224. The monoisotopic (exact) mass is 122 g/mol. The SMILES string of the molecule is [B]c1cc(O)ccc1F. The maximum Gasteiger partial charge on any atom is 0.118 e. The van der Waals surface area contributed by atoms with Crippen molar-refractivity contribution in [1.82, 2.24) is 0 Å². The van der Waals surface area contributed by atoms with Gasteiger partial charge in [0.25, 0.3) is 0 Å². The minimum absolute atomic E-state index is 0.0195. The standard InChI is InChI=1S/C6H4BFO/c7-5-3-4(9)1-2-6(5)8/h1-3,9H. The maximum atomic E-state index is 12.3. The highest BCUT2D eigenvalue weighted by molar-refractivity contribution is 6.32. The van der Waals surface area contributed by atoms with Crippen LogP contribution in [0.1, 0.15) is 0 Å². The van der Waals surface area contributed by atoms with E-state index in [0.717, 1.165) is 12.1 Å². The van der Waals surface area contributed by atoms with E-state index in [-0.39, 0.29) is 11.2 Å². The molecule has 0 aliphatic rings. The van der Waals surface area contributed by atoms with Crippen LogP contribution in [0.15, 0.2) is 18.2 Å². The quantitative estimate of drug-likeness (QED) is 0.491. The van der Waals surface area contributed by atoms with Gasteiger partial charge < -0.3 is 5.11 Å². The molecule has 2 radical (unpaired) electrons. The molecule has 0 amide bonds. The highest BCUT2D eigenvalue weighted by Crippen LogP contribution is 2.04. The van der Waals surface area contributed by atoms with Crippen LogP contribution in [0.3, 0.4) is 0 Å². The topological polar surface area (TPSA) is 20.2 Å². The number of phenolic OH excluding ortho intramolecular Hbond substituents is 1. The van der Waals surface area contributed by atoms with Gasteiger partial charge in [-0.05, 0) is 18.2 Å². The lowest BCUT2D eigenvalue weighted by Gasteiger charge is -1.94. The summed E-state index contributed by atoms with van der Waals surface area (Å²) in [5.41, 5.74) is -0.0324. The van der Waals surface area contributed by atoms with Crippen LogP contribution in [-0.2, 0) is 0 Å². The first kappa shape index (κ1) is 6.14. The predicted molar refractivity (Wildman–Crippen MR) is 33.5 cm³/mol. The molecule has 0 aliphatic carbocycles. The minimum Gasteiger partial charge on any atom is -0.508 e. The van der Waals surface area contributed by atoms with Crippen molar-refractivity contribution in [3.05, 3.63) is 24.0 Å². The molecule has 1 aromatic carbocycles. The van der Waals surface area contributed by atoms with Crippen LogP contribution >= 0.6 is 0 Å². The third-order valence-electron chi connectivity index (χ3n) is 0.980. The van der Waals surface area contributed by atoms with Crippen LogP contribution in [0.25, 0.3) is 0 Å². The molecular formula is C6H4BFO. The number of hydrogen-bond acceptors (Lipinski definition) is 1. The lowest BCUT2D eigenvalue weighted by atomic mass is 9.96. The van der Waals surface area contributed by atoms with E-state index >= 15 is 0 Å². The summed E-state index contributed by atoms with van der Waals surface area (Å²) in [7, 11) is 5.09. The lowest BCUT2D eigenvalue weighted by molar-refractivity contribution is 0.474. The van der Waals surface area contributed by atoms with E-state index in [1.54, 1.807) is 0 Å². The van der Waals surface area contributed by atoms with Gasteiger partial charge in [-0.3, -0.25) is 0 Å². The number of phenols is 1. The summed E-state index contributed by atoms with van der Waals surface area (Å²) in [4.78, 5) is 0. The summed E-state index contributed by atoms with van der Waals surface area (Å²) >= 11 is 0. The van der Waals surface area contributed by atoms with Crippen LogP contribution in [-0.4, -0.2) is 13.0 Å². The molecule has 0 spiro atoms. The predicted octanol–water partition coefficient (Wildman–Crippen LogP) is 0.325. The lowest BCUT2D eigenvalue weighted by Crippen LogP contribution is -2.06. The van der Waals surface area contributed by atoms with Gasteiger partial charge in [0.15, 0.2) is 0 Å². The number of aromatic hydroxyl groups is 1. The molecule has 0 saturated carbocycles. The van der Waals surface area contributed by atoms with Crippen molar-refractivity contribution in [3.63, 3.8) is 0 Å². The van der Waals surface area contributed by atoms with Gasteiger partial charge in [-0.1, -0.05) is 5.46 Å². The minimum atomic E-state index is -0.507. The van der Waals surface area contributed by atoms with Gasteiger partial charge >= 0.3 is 0 Å². The molecule has 0 bridgehead atoms. The molecule has 1 nitrogen and oxygen atoms in total. The second kappa shape index (κ2) is 2.09. The molecule has 1 N–H and O–H groups in total. The zero-order valence-corrected chi connectivity index (χ0v) is 4.63. The van der Waals surface area contributed by atoms with E-state index in [1.165, 1.54) is 6.07 Å². The Morgan fingerprint density at radius 1 is 1.44 bits per heavy atom. The van der Waals surface area contributed by atoms with Crippen LogP contribution in [0.2, 0.25) is 0 Å². The normalized spacial score (nSPS) is 9.44. The van der Waals surface area contributed by atoms with Crippen molar-refractivity contribution in [1.29, 1.82) is 0 Å². The van der Waals surface area contributed by atoms with Gasteiger partial charge in [0.2, 0.25) is 0 Å². The fourth-order valence-corrected chi connectivity index (χ4v) is 0.531. The molecule has 0 heterocycles. The van der Waals surface area contributed by atoms with Gasteiger partial charge in [-0.2, -0.15) is 0 Å². The van der Waals surface area contributed by atoms with Gasteiger partial charge in [0.05, 0.1) is 0 Å². The summed E-state index contributed by atoms with van der Waals surface area (Å²) in [5, 5.41) is 8.69. The molecule has 0 aliphatic heterocycles. The Kier molecular flexibility index (Phi) is 1.43. The number of halogens is 1. The van der Waals surface area contributed by atoms with E-state index in [4.69, 9.17) is 13.0 Å². The van der Waals surface area contributed by atoms with Gasteiger partial charge in [0, 0.05) is 0 Å². The molecule has 0 atom stereocenters. The molecule has 0 fully saturated rings. The van der Waals surface area contributed by atoms with Crippen molar-refractivity contribution in [2.45, 2.75) is 0 Å².